The molecular weight excluding hydrogens is 369 g/mol. The van der Waals surface area contributed by atoms with E-state index in [1.807, 2.05) is 6.07 Å². The van der Waals surface area contributed by atoms with Gasteiger partial charge < -0.3 is 8.92 Å². The first kappa shape index (κ1) is 18.8. The molecule has 2 rings (SSSR count). The van der Waals surface area contributed by atoms with Crippen molar-refractivity contribution < 1.29 is 35.4 Å². The summed E-state index contributed by atoms with van der Waals surface area (Å²) in [4.78, 5) is 10.3. The molecule has 1 aromatic carbocycles. The standard InChI is InChI=1S/C13H11F3N2O6S/c1-23-10-5-8(12(7-17)3-2-4-12)9(18(19)20)6-11(10)24-25(21,22)13(14,15)16/h5-6H,2-4H2,1H3. The van der Waals surface area contributed by atoms with E-state index in [0.29, 0.717) is 25.3 Å². The van der Waals surface area contributed by atoms with Crippen molar-refractivity contribution in [3.05, 3.63) is 27.8 Å². The number of halogens is 3. The third-order valence-electron chi connectivity index (χ3n) is 3.90. The van der Waals surface area contributed by atoms with Crippen LogP contribution in [0.1, 0.15) is 24.8 Å². The molecule has 0 radical (unpaired) electrons. The lowest BCUT2D eigenvalue weighted by Gasteiger charge is -2.35. The van der Waals surface area contributed by atoms with Crippen LogP contribution in [0.4, 0.5) is 18.9 Å². The number of nitro groups is 1. The summed E-state index contributed by atoms with van der Waals surface area (Å²) in [6, 6.07) is 3.47. The average molecular weight is 380 g/mol. The van der Waals surface area contributed by atoms with E-state index in [4.69, 9.17) is 4.74 Å². The van der Waals surface area contributed by atoms with Gasteiger partial charge in [-0.05, 0) is 25.3 Å². The molecule has 0 N–H and O–H groups in total. The minimum absolute atomic E-state index is 0.0557. The molecular formula is C13H11F3N2O6S. The molecule has 0 spiro atoms. The van der Waals surface area contributed by atoms with Gasteiger partial charge in [0, 0.05) is 0 Å². The van der Waals surface area contributed by atoms with Gasteiger partial charge in [0.2, 0.25) is 0 Å². The molecule has 0 saturated heterocycles. The fraction of sp³-hybridized carbons (Fsp3) is 0.462. The van der Waals surface area contributed by atoms with Gasteiger partial charge in [-0.2, -0.15) is 26.9 Å². The normalized spacial score (nSPS) is 16.4. The quantitative estimate of drug-likeness (QED) is 0.333. The van der Waals surface area contributed by atoms with Crippen molar-refractivity contribution in [1.82, 2.24) is 0 Å². The number of methoxy groups -OCH3 is 1. The molecule has 0 bridgehead atoms. The summed E-state index contributed by atoms with van der Waals surface area (Å²) in [5, 5.41) is 20.6. The first-order chi connectivity index (χ1) is 11.5. The minimum atomic E-state index is -6.04. The van der Waals surface area contributed by atoms with E-state index >= 15 is 0 Å². The summed E-state index contributed by atoms with van der Waals surface area (Å²) in [7, 11) is -5.01. The Kier molecular flexibility index (Phi) is 4.56. The van der Waals surface area contributed by atoms with Gasteiger partial charge in [0.05, 0.1) is 35.1 Å². The largest absolute Gasteiger partial charge is 0.534 e. The highest BCUT2D eigenvalue weighted by Gasteiger charge is 2.50. The van der Waals surface area contributed by atoms with Crippen LogP contribution < -0.4 is 8.92 Å². The summed E-state index contributed by atoms with van der Waals surface area (Å²) >= 11 is 0. The van der Waals surface area contributed by atoms with Crippen LogP contribution in [0.25, 0.3) is 0 Å². The summed E-state index contributed by atoms with van der Waals surface area (Å²) in [5.41, 5.74) is -7.65. The lowest BCUT2D eigenvalue weighted by Crippen LogP contribution is -2.33. The van der Waals surface area contributed by atoms with E-state index in [-0.39, 0.29) is 5.56 Å². The van der Waals surface area contributed by atoms with E-state index < -0.39 is 43.2 Å². The molecule has 1 saturated carbocycles. The Morgan fingerprint density at radius 3 is 2.28 bits per heavy atom. The molecule has 1 aromatic rings. The number of nitriles is 1. The third-order valence-corrected chi connectivity index (χ3v) is 4.86. The maximum absolute atomic E-state index is 12.5. The molecule has 0 heterocycles. The Bertz CT molecular complexity index is 856. The Morgan fingerprint density at radius 2 is 1.92 bits per heavy atom. The maximum atomic E-state index is 12.5. The van der Waals surface area contributed by atoms with Crippen LogP contribution in [0.2, 0.25) is 0 Å². The molecule has 136 valence electrons. The summed E-state index contributed by atoms with van der Waals surface area (Å²) in [5.74, 6) is -1.45. The van der Waals surface area contributed by atoms with E-state index in [1.54, 1.807) is 0 Å². The molecule has 1 aliphatic rings. The van der Waals surface area contributed by atoms with E-state index in [1.165, 1.54) is 0 Å². The van der Waals surface area contributed by atoms with Crippen LogP contribution in [0, 0.1) is 21.4 Å². The van der Waals surface area contributed by atoms with Crippen molar-refractivity contribution in [3.8, 4) is 17.6 Å². The van der Waals surface area contributed by atoms with Crippen LogP contribution in [0.5, 0.6) is 11.5 Å². The van der Waals surface area contributed by atoms with Crippen molar-refractivity contribution >= 4 is 15.8 Å². The molecule has 8 nitrogen and oxygen atoms in total. The van der Waals surface area contributed by atoms with Gasteiger partial charge in [-0.15, -0.1) is 0 Å². The lowest BCUT2D eigenvalue weighted by atomic mass is 9.65. The van der Waals surface area contributed by atoms with Crippen molar-refractivity contribution in [2.24, 2.45) is 0 Å². The van der Waals surface area contributed by atoms with Crippen molar-refractivity contribution in [2.45, 2.75) is 30.2 Å². The third kappa shape index (κ3) is 3.19. The highest BCUT2D eigenvalue weighted by molar-refractivity contribution is 7.88. The number of ether oxygens (including phenoxy) is 1. The first-order valence-corrected chi connectivity index (χ1v) is 8.17. The number of nitrogens with zero attached hydrogens (tertiary/aromatic N) is 2. The number of rotatable bonds is 5. The SMILES string of the molecule is COc1cc(C2(C#N)CCC2)c([N+](=O)[O-])cc1OS(=O)(=O)C(F)(F)F. The lowest BCUT2D eigenvalue weighted by molar-refractivity contribution is -0.386. The highest BCUT2D eigenvalue weighted by atomic mass is 32.2. The predicted molar refractivity (Wildman–Crippen MR) is 76.4 cm³/mol. The van der Waals surface area contributed by atoms with Gasteiger partial charge >= 0.3 is 15.6 Å². The zero-order chi connectivity index (χ0) is 19.0. The number of benzene rings is 1. The van der Waals surface area contributed by atoms with E-state index in [2.05, 4.69) is 4.18 Å². The molecule has 0 amide bonds. The van der Waals surface area contributed by atoms with Crippen molar-refractivity contribution in [1.29, 1.82) is 5.26 Å². The Balaban J connectivity index is 2.63. The maximum Gasteiger partial charge on any atom is 0.534 e. The van der Waals surface area contributed by atoms with Gasteiger partial charge in [-0.1, -0.05) is 0 Å². The fourth-order valence-corrected chi connectivity index (χ4v) is 2.91. The van der Waals surface area contributed by atoms with Crippen LogP contribution in [-0.4, -0.2) is 26.0 Å². The number of hydrogen-bond acceptors (Lipinski definition) is 7. The van der Waals surface area contributed by atoms with Crippen LogP contribution in [0.15, 0.2) is 12.1 Å². The van der Waals surface area contributed by atoms with Crippen LogP contribution in [-0.2, 0) is 15.5 Å². The van der Waals surface area contributed by atoms with Gasteiger partial charge in [0.1, 0.15) is 0 Å². The average Bonchev–Trinajstić information content (AvgIpc) is 2.45. The van der Waals surface area contributed by atoms with E-state index in [9.17, 15) is 37.0 Å². The van der Waals surface area contributed by atoms with Crippen molar-refractivity contribution in [2.75, 3.05) is 7.11 Å². The first-order valence-electron chi connectivity index (χ1n) is 6.76. The molecule has 0 aromatic heterocycles. The molecule has 12 heteroatoms. The van der Waals surface area contributed by atoms with E-state index in [0.717, 1.165) is 13.2 Å². The van der Waals surface area contributed by atoms with Gasteiger partial charge in [-0.3, -0.25) is 10.1 Å². The number of nitro benzene ring substituents is 1. The van der Waals surface area contributed by atoms with Gasteiger partial charge in [0.15, 0.2) is 11.5 Å². The zero-order valence-corrected chi connectivity index (χ0v) is 13.5. The summed E-state index contributed by atoms with van der Waals surface area (Å²) < 4.78 is 68.5. The molecule has 0 unspecified atom stereocenters. The second-order valence-corrected chi connectivity index (χ2v) is 6.85. The predicted octanol–water partition coefficient (Wildman–Crippen LogP) is 2.78. The minimum Gasteiger partial charge on any atom is -0.493 e. The Labute approximate surface area is 140 Å². The topological polar surface area (TPSA) is 120 Å². The molecule has 1 fully saturated rings. The molecule has 25 heavy (non-hydrogen) atoms. The summed E-state index contributed by atoms with van der Waals surface area (Å²) in [6.45, 7) is 0. The second kappa shape index (κ2) is 6.07. The monoisotopic (exact) mass is 380 g/mol. The molecule has 1 aliphatic carbocycles. The number of alkyl halides is 3. The Hall–Kier alpha value is -2.55. The fourth-order valence-electron chi connectivity index (χ4n) is 2.45. The highest BCUT2D eigenvalue weighted by Crippen LogP contribution is 2.49. The zero-order valence-electron chi connectivity index (χ0n) is 12.7. The smallest absolute Gasteiger partial charge is 0.493 e. The Morgan fingerprint density at radius 1 is 1.32 bits per heavy atom. The van der Waals surface area contributed by atoms with Crippen molar-refractivity contribution in [3.63, 3.8) is 0 Å². The van der Waals surface area contributed by atoms with Crippen LogP contribution >= 0.6 is 0 Å². The second-order valence-electron chi connectivity index (χ2n) is 5.31. The number of hydrogen-bond donors (Lipinski definition) is 0. The molecule has 0 aliphatic heterocycles. The van der Waals surface area contributed by atoms with Crippen LogP contribution in [0.3, 0.4) is 0 Å². The van der Waals surface area contributed by atoms with Gasteiger partial charge in [-0.25, -0.2) is 0 Å². The molecule has 0 atom stereocenters. The summed E-state index contributed by atoms with van der Waals surface area (Å²) in [6.07, 6.45) is 1.30. The van der Waals surface area contributed by atoms with Gasteiger partial charge in [0.25, 0.3) is 5.69 Å².